The van der Waals surface area contributed by atoms with Crippen molar-refractivity contribution in [3.8, 4) is 5.75 Å². The van der Waals surface area contributed by atoms with Crippen molar-refractivity contribution >= 4 is 17.1 Å². The number of nitrogens with zero attached hydrogens (tertiary/aromatic N) is 1. The van der Waals surface area contributed by atoms with Crippen LogP contribution in [-0.2, 0) is 11.3 Å². The number of benzene rings is 1. The highest BCUT2D eigenvalue weighted by molar-refractivity contribution is 5.82. The van der Waals surface area contributed by atoms with Crippen LogP contribution in [0.5, 0.6) is 5.75 Å². The number of fused-ring (bicyclic) bond motifs is 1. The molecule has 0 unspecified atom stereocenters. The van der Waals surface area contributed by atoms with Crippen LogP contribution in [0.4, 0.5) is 4.79 Å². The van der Waals surface area contributed by atoms with Crippen LogP contribution in [0.15, 0.2) is 30.5 Å². The minimum atomic E-state index is -0.665. The van der Waals surface area contributed by atoms with Crippen molar-refractivity contribution in [1.29, 1.82) is 0 Å². The lowest BCUT2D eigenvalue weighted by Gasteiger charge is -2.05. The van der Waals surface area contributed by atoms with E-state index in [4.69, 9.17) is 9.47 Å². The third-order valence-electron chi connectivity index (χ3n) is 2.55. The first-order valence-electron chi connectivity index (χ1n) is 5.68. The lowest BCUT2D eigenvalue weighted by atomic mass is 10.2. The van der Waals surface area contributed by atoms with Crippen LogP contribution in [0.2, 0.25) is 0 Å². The zero-order valence-electron chi connectivity index (χ0n) is 9.97. The van der Waals surface area contributed by atoms with E-state index < -0.39 is 6.16 Å². The van der Waals surface area contributed by atoms with E-state index in [-0.39, 0.29) is 0 Å². The van der Waals surface area contributed by atoms with E-state index in [2.05, 4.69) is 11.5 Å². The van der Waals surface area contributed by atoms with Gasteiger partial charge in [0, 0.05) is 23.6 Å². The Morgan fingerprint density at radius 3 is 2.82 bits per heavy atom. The summed E-state index contributed by atoms with van der Waals surface area (Å²) in [5.74, 6) is 0.504. The predicted octanol–water partition coefficient (Wildman–Crippen LogP) is 3.20. The summed E-state index contributed by atoms with van der Waals surface area (Å²) in [6.45, 7) is 5.06. The molecule has 0 bridgehead atoms. The monoisotopic (exact) mass is 233 g/mol. The molecule has 0 radical (unpaired) electrons. The number of ether oxygens (including phenoxy) is 2. The van der Waals surface area contributed by atoms with Crippen molar-refractivity contribution in [2.45, 2.75) is 20.4 Å². The van der Waals surface area contributed by atoms with Gasteiger partial charge in [-0.05, 0) is 38.1 Å². The molecular formula is C13H15NO3. The second-order valence-corrected chi connectivity index (χ2v) is 3.61. The van der Waals surface area contributed by atoms with Gasteiger partial charge in [-0.3, -0.25) is 0 Å². The summed E-state index contributed by atoms with van der Waals surface area (Å²) in [6, 6.07) is 7.54. The molecule has 0 aliphatic rings. The van der Waals surface area contributed by atoms with Crippen molar-refractivity contribution in [1.82, 2.24) is 4.57 Å². The number of hydrogen-bond acceptors (Lipinski definition) is 3. The molecule has 4 heteroatoms. The second-order valence-electron chi connectivity index (χ2n) is 3.61. The predicted molar refractivity (Wildman–Crippen MR) is 65.3 cm³/mol. The summed E-state index contributed by atoms with van der Waals surface area (Å²) >= 11 is 0. The third-order valence-corrected chi connectivity index (χ3v) is 2.55. The largest absolute Gasteiger partial charge is 0.513 e. The van der Waals surface area contributed by atoms with Crippen molar-refractivity contribution in [3.63, 3.8) is 0 Å². The molecule has 2 aromatic rings. The molecule has 90 valence electrons. The number of aryl methyl sites for hydroxylation is 1. The molecule has 4 nitrogen and oxygen atoms in total. The van der Waals surface area contributed by atoms with Crippen LogP contribution < -0.4 is 4.74 Å². The van der Waals surface area contributed by atoms with Gasteiger partial charge in [0.25, 0.3) is 0 Å². The van der Waals surface area contributed by atoms with Crippen LogP contribution in [0.3, 0.4) is 0 Å². The van der Waals surface area contributed by atoms with E-state index in [0.717, 1.165) is 17.4 Å². The fourth-order valence-corrected chi connectivity index (χ4v) is 1.76. The van der Waals surface area contributed by atoms with Gasteiger partial charge in [0.2, 0.25) is 0 Å². The maximum Gasteiger partial charge on any atom is 0.513 e. The van der Waals surface area contributed by atoms with E-state index >= 15 is 0 Å². The Hall–Kier alpha value is -1.97. The van der Waals surface area contributed by atoms with E-state index in [1.54, 1.807) is 13.0 Å². The normalized spacial score (nSPS) is 10.5. The molecule has 0 saturated carbocycles. The van der Waals surface area contributed by atoms with Crippen molar-refractivity contribution in [2.75, 3.05) is 6.61 Å². The molecule has 0 saturated heterocycles. The first-order chi connectivity index (χ1) is 8.24. The highest BCUT2D eigenvalue weighted by Crippen LogP contribution is 2.22. The summed E-state index contributed by atoms with van der Waals surface area (Å²) in [4.78, 5) is 11.2. The van der Waals surface area contributed by atoms with Crippen LogP contribution in [0.25, 0.3) is 10.9 Å². The Bertz CT molecular complexity index is 530. The van der Waals surface area contributed by atoms with Crippen LogP contribution in [0, 0.1) is 0 Å². The molecule has 0 N–H and O–H groups in total. The molecule has 0 atom stereocenters. The van der Waals surface area contributed by atoms with Gasteiger partial charge in [-0.1, -0.05) is 0 Å². The van der Waals surface area contributed by atoms with Crippen molar-refractivity contribution in [3.05, 3.63) is 30.5 Å². The smallest absolute Gasteiger partial charge is 0.434 e. The SMILES string of the molecule is CCOC(=O)Oc1ccc2c(ccn2CC)c1. The Morgan fingerprint density at radius 1 is 1.29 bits per heavy atom. The molecule has 1 heterocycles. The van der Waals surface area contributed by atoms with E-state index in [9.17, 15) is 4.79 Å². The zero-order valence-corrected chi connectivity index (χ0v) is 9.97. The minimum Gasteiger partial charge on any atom is -0.434 e. The van der Waals surface area contributed by atoms with Gasteiger partial charge in [-0.15, -0.1) is 0 Å². The van der Waals surface area contributed by atoms with Gasteiger partial charge in [0.05, 0.1) is 6.61 Å². The van der Waals surface area contributed by atoms with Crippen molar-refractivity contribution in [2.24, 2.45) is 0 Å². The number of rotatable bonds is 3. The van der Waals surface area contributed by atoms with Gasteiger partial charge >= 0.3 is 6.16 Å². The molecule has 0 fully saturated rings. The lowest BCUT2D eigenvalue weighted by Crippen LogP contribution is -2.09. The highest BCUT2D eigenvalue weighted by atomic mass is 16.7. The van der Waals surface area contributed by atoms with Gasteiger partial charge in [-0.25, -0.2) is 4.79 Å². The molecule has 0 aliphatic carbocycles. The van der Waals surface area contributed by atoms with E-state index in [0.29, 0.717) is 12.4 Å². The Kier molecular flexibility index (Phi) is 3.32. The van der Waals surface area contributed by atoms with Crippen LogP contribution >= 0.6 is 0 Å². The topological polar surface area (TPSA) is 40.5 Å². The maximum absolute atomic E-state index is 11.2. The Labute approximate surface area is 99.7 Å². The van der Waals surface area contributed by atoms with E-state index in [1.165, 1.54) is 0 Å². The summed E-state index contributed by atoms with van der Waals surface area (Å²) in [7, 11) is 0. The third kappa shape index (κ3) is 2.41. The summed E-state index contributed by atoms with van der Waals surface area (Å²) in [5.41, 5.74) is 1.13. The second kappa shape index (κ2) is 4.91. The fraction of sp³-hybridized carbons (Fsp3) is 0.308. The van der Waals surface area contributed by atoms with Gasteiger partial charge in [0.1, 0.15) is 5.75 Å². The van der Waals surface area contributed by atoms with E-state index in [1.807, 2.05) is 24.4 Å². The average Bonchev–Trinajstić information content (AvgIpc) is 2.71. The first-order valence-corrected chi connectivity index (χ1v) is 5.68. The number of carbonyl (C=O) groups excluding carboxylic acids is 1. The van der Waals surface area contributed by atoms with Crippen LogP contribution in [0.1, 0.15) is 13.8 Å². The van der Waals surface area contributed by atoms with Gasteiger partial charge in [-0.2, -0.15) is 0 Å². The molecule has 17 heavy (non-hydrogen) atoms. The molecule has 0 amide bonds. The number of aromatic nitrogens is 1. The molecule has 0 spiro atoms. The average molecular weight is 233 g/mol. The molecule has 1 aromatic carbocycles. The Morgan fingerprint density at radius 2 is 2.12 bits per heavy atom. The van der Waals surface area contributed by atoms with Gasteiger partial charge < -0.3 is 14.0 Å². The highest BCUT2D eigenvalue weighted by Gasteiger charge is 2.06. The molecule has 2 rings (SSSR count). The minimum absolute atomic E-state index is 0.313. The standard InChI is InChI=1S/C13H15NO3/c1-3-14-8-7-10-9-11(5-6-12(10)14)17-13(15)16-4-2/h5-9H,3-4H2,1-2H3. The molecule has 1 aromatic heterocycles. The maximum atomic E-state index is 11.2. The lowest BCUT2D eigenvalue weighted by molar-refractivity contribution is 0.104. The Balaban J connectivity index is 2.23. The molecular weight excluding hydrogens is 218 g/mol. The number of hydrogen-bond donors (Lipinski definition) is 0. The summed E-state index contributed by atoms with van der Waals surface area (Å²) < 4.78 is 11.9. The zero-order chi connectivity index (χ0) is 12.3. The first kappa shape index (κ1) is 11.5. The molecule has 0 aliphatic heterocycles. The number of carbonyl (C=O) groups is 1. The van der Waals surface area contributed by atoms with Gasteiger partial charge in [0.15, 0.2) is 0 Å². The quantitative estimate of drug-likeness (QED) is 0.603. The summed E-state index contributed by atoms with van der Waals surface area (Å²) in [6.07, 6.45) is 1.35. The summed E-state index contributed by atoms with van der Waals surface area (Å²) in [5, 5.41) is 1.05. The van der Waals surface area contributed by atoms with Crippen molar-refractivity contribution < 1.29 is 14.3 Å². The fourth-order valence-electron chi connectivity index (χ4n) is 1.76. The van der Waals surface area contributed by atoms with Crippen LogP contribution in [-0.4, -0.2) is 17.3 Å².